The lowest BCUT2D eigenvalue weighted by molar-refractivity contribution is -0.185. The molecule has 0 fully saturated rings. The van der Waals surface area contributed by atoms with Crippen LogP contribution in [0.3, 0.4) is 0 Å². The summed E-state index contributed by atoms with van der Waals surface area (Å²) < 4.78 is 68.1. The lowest BCUT2D eigenvalue weighted by Gasteiger charge is -2.23. The number of nitrogens with two attached hydrogens (primary N) is 1. The zero-order chi connectivity index (χ0) is 30.1. The molecule has 3 rings (SSSR count). The van der Waals surface area contributed by atoms with Gasteiger partial charge in [0.2, 0.25) is 0 Å². The topological polar surface area (TPSA) is 133 Å². The second-order valence-corrected chi connectivity index (χ2v) is 11.4. The summed E-state index contributed by atoms with van der Waals surface area (Å²) in [5.41, 5.74) is 6.71. The first kappa shape index (κ1) is 32.5. The molecule has 0 spiro atoms. The Balaban J connectivity index is 0.000000425. The molecule has 0 aromatic heterocycles. The number of carbonyl (C=O) groups is 2. The predicted molar refractivity (Wildman–Crippen MR) is 145 cm³/mol. The third kappa shape index (κ3) is 10.5. The Bertz CT molecular complexity index is 1370. The summed E-state index contributed by atoms with van der Waals surface area (Å²) in [6.07, 6.45) is 0.117. The highest BCUT2D eigenvalue weighted by Crippen LogP contribution is 2.31. The molecule has 0 radical (unpaired) electrons. The van der Waals surface area contributed by atoms with Crippen LogP contribution in [-0.2, 0) is 48.1 Å². The van der Waals surface area contributed by atoms with Crippen LogP contribution in [0.2, 0.25) is 0 Å². The number of carbonyl (C=O) groups excluding carboxylic acids is 2. The number of hydrogen-bond donors (Lipinski definition) is 2. The maximum atomic E-state index is 14.3. The third-order valence-corrected chi connectivity index (χ3v) is 6.14. The van der Waals surface area contributed by atoms with E-state index in [0.717, 1.165) is 23.3 Å². The number of esters is 2. The Hall–Kier alpha value is -3.67. The van der Waals surface area contributed by atoms with Crippen molar-refractivity contribution in [2.75, 3.05) is 0 Å². The van der Waals surface area contributed by atoms with Crippen molar-refractivity contribution >= 4 is 22.1 Å². The minimum Gasteiger partial charge on any atom is -0.460 e. The van der Waals surface area contributed by atoms with Crippen LogP contribution in [0, 0.1) is 6.92 Å². The number of alkyl halides is 2. The van der Waals surface area contributed by atoms with E-state index in [0.29, 0.717) is 5.56 Å². The molecule has 11 heteroatoms. The molecule has 3 N–H and O–H groups in total. The van der Waals surface area contributed by atoms with Crippen molar-refractivity contribution in [1.82, 2.24) is 0 Å². The Morgan fingerprint density at radius 2 is 1.45 bits per heavy atom. The molecule has 0 aliphatic heterocycles. The average molecular weight is 578 g/mol. The van der Waals surface area contributed by atoms with Crippen LogP contribution in [0.4, 0.5) is 8.78 Å². The molecule has 3 aromatic carbocycles. The summed E-state index contributed by atoms with van der Waals surface area (Å²) >= 11 is 0. The second-order valence-electron chi connectivity index (χ2n) is 9.97. The van der Waals surface area contributed by atoms with Crippen molar-refractivity contribution in [3.05, 3.63) is 101 Å². The van der Waals surface area contributed by atoms with Crippen LogP contribution in [0.15, 0.2) is 83.8 Å². The monoisotopic (exact) mass is 577 g/mol. The highest BCUT2D eigenvalue weighted by molar-refractivity contribution is 7.85. The van der Waals surface area contributed by atoms with Gasteiger partial charge >= 0.3 is 17.9 Å². The molecule has 1 unspecified atom stereocenters. The Labute approximate surface area is 232 Å². The molecule has 8 nitrogen and oxygen atoms in total. The van der Waals surface area contributed by atoms with Gasteiger partial charge in [-0.15, -0.1) is 0 Å². The molecule has 0 bridgehead atoms. The van der Waals surface area contributed by atoms with Crippen molar-refractivity contribution in [1.29, 1.82) is 0 Å². The highest BCUT2D eigenvalue weighted by atomic mass is 32.2. The van der Waals surface area contributed by atoms with Crippen molar-refractivity contribution in [3.8, 4) is 0 Å². The van der Waals surface area contributed by atoms with Crippen LogP contribution in [0.1, 0.15) is 43.0 Å². The quantitative estimate of drug-likeness (QED) is 0.283. The molecular formula is C29H33F2NO7S. The van der Waals surface area contributed by atoms with Crippen LogP contribution < -0.4 is 5.73 Å². The summed E-state index contributed by atoms with van der Waals surface area (Å²) in [4.78, 5) is 23.7. The van der Waals surface area contributed by atoms with Gasteiger partial charge in [-0.1, -0.05) is 72.3 Å². The number of benzene rings is 3. The molecule has 216 valence electrons. The van der Waals surface area contributed by atoms with Crippen LogP contribution in [0.25, 0.3) is 0 Å². The second kappa shape index (κ2) is 13.6. The van der Waals surface area contributed by atoms with E-state index < -0.39 is 45.2 Å². The molecule has 0 aliphatic carbocycles. The smallest absolute Gasteiger partial charge is 0.382 e. The number of aryl methyl sites for hydroxylation is 1. The van der Waals surface area contributed by atoms with Crippen molar-refractivity contribution in [3.63, 3.8) is 0 Å². The van der Waals surface area contributed by atoms with Crippen LogP contribution >= 0.6 is 0 Å². The Morgan fingerprint density at radius 1 is 0.900 bits per heavy atom. The molecule has 0 amide bonds. The van der Waals surface area contributed by atoms with Gasteiger partial charge in [-0.3, -0.25) is 9.35 Å². The first-order valence-corrected chi connectivity index (χ1v) is 13.6. The lowest BCUT2D eigenvalue weighted by Crippen LogP contribution is -2.35. The lowest BCUT2D eigenvalue weighted by atomic mass is 10.0. The SMILES string of the molecule is CC(C)(C)OC(=O)C(F)(F)c1ccc(CC(N)C(=O)OCc2ccccc2)cc1.Cc1ccc(S(=O)(=O)O)cc1. The van der Waals surface area contributed by atoms with Crippen molar-refractivity contribution in [2.24, 2.45) is 5.73 Å². The fourth-order valence-corrected chi connectivity index (χ4v) is 3.67. The largest absolute Gasteiger partial charge is 0.460 e. The number of hydrogen-bond acceptors (Lipinski definition) is 7. The molecular weight excluding hydrogens is 544 g/mol. The van der Waals surface area contributed by atoms with E-state index in [2.05, 4.69) is 0 Å². The molecule has 0 aliphatic rings. The standard InChI is InChI=1S/C22H25F2NO4.C7H8O3S/c1-21(2,3)29-20(27)22(23,24)17-11-9-15(10-12-17)13-18(25)19(26)28-14-16-7-5-4-6-8-16;1-6-2-4-7(5-3-6)11(8,9)10/h4-12,18H,13-14,25H2,1-3H3;2-5H,1H3,(H,8,9,10). The van der Waals surface area contributed by atoms with Gasteiger partial charge in [0.1, 0.15) is 18.2 Å². The van der Waals surface area contributed by atoms with Crippen LogP contribution in [-0.4, -0.2) is 36.6 Å². The van der Waals surface area contributed by atoms with Crippen LogP contribution in [0.5, 0.6) is 0 Å². The van der Waals surface area contributed by atoms with Gasteiger partial charge in [0.15, 0.2) is 0 Å². The molecule has 40 heavy (non-hydrogen) atoms. The molecule has 1 atom stereocenters. The van der Waals surface area contributed by atoms with E-state index in [1.807, 2.05) is 37.3 Å². The minimum atomic E-state index is -4.02. The van der Waals surface area contributed by atoms with E-state index >= 15 is 0 Å². The first-order valence-electron chi connectivity index (χ1n) is 12.2. The number of halogens is 2. The summed E-state index contributed by atoms with van der Waals surface area (Å²) in [6, 6.07) is 19.3. The Kier molecular flexibility index (Phi) is 11.1. The van der Waals surface area contributed by atoms with Gasteiger partial charge in [-0.05, 0) is 57.4 Å². The summed E-state index contributed by atoms with van der Waals surface area (Å²) in [5.74, 6) is -5.97. The molecule has 0 heterocycles. The van der Waals surface area contributed by atoms with Crippen molar-refractivity contribution < 1.29 is 40.8 Å². The Morgan fingerprint density at radius 3 is 1.95 bits per heavy atom. The zero-order valence-corrected chi connectivity index (χ0v) is 23.5. The maximum Gasteiger partial charge on any atom is 0.382 e. The van der Waals surface area contributed by atoms with E-state index in [9.17, 15) is 26.8 Å². The fourth-order valence-electron chi connectivity index (χ4n) is 3.19. The maximum absolute atomic E-state index is 14.3. The number of ether oxygens (including phenoxy) is 2. The van der Waals surface area contributed by atoms with Crippen molar-refractivity contribution in [2.45, 2.75) is 63.2 Å². The van der Waals surface area contributed by atoms with Gasteiger partial charge in [0.25, 0.3) is 10.1 Å². The van der Waals surface area contributed by atoms with E-state index in [4.69, 9.17) is 19.8 Å². The molecule has 0 saturated heterocycles. The first-order chi connectivity index (χ1) is 18.5. The summed E-state index contributed by atoms with van der Waals surface area (Å²) in [6.45, 7) is 6.50. The minimum absolute atomic E-state index is 0.0666. The predicted octanol–water partition coefficient (Wildman–Crippen LogP) is 4.98. The van der Waals surface area contributed by atoms with Gasteiger partial charge < -0.3 is 15.2 Å². The van der Waals surface area contributed by atoms with E-state index in [1.165, 1.54) is 45.0 Å². The van der Waals surface area contributed by atoms with E-state index in [1.54, 1.807) is 12.1 Å². The number of rotatable bonds is 8. The summed E-state index contributed by atoms with van der Waals surface area (Å²) in [5, 5.41) is 0. The average Bonchev–Trinajstić information content (AvgIpc) is 2.87. The fraction of sp³-hybridized carbons (Fsp3) is 0.310. The highest BCUT2D eigenvalue weighted by Gasteiger charge is 2.44. The third-order valence-electron chi connectivity index (χ3n) is 5.27. The molecule has 3 aromatic rings. The molecule has 0 saturated carbocycles. The van der Waals surface area contributed by atoms with E-state index in [-0.39, 0.29) is 17.9 Å². The normalized spacial score (nSPS) is 12.5. The van der Waals surface area contributed by atoms with Gasteiger partial charge in [-0.25, -0.2) is 4.79 Å². The summed E-state index contributed by atoms with van der Waals surface area (Å²) in [7, 11) is -4.02. The zero-order valence-electron chi connectivity index (χ0n) is 22.6. The van der Waals surface area contributed by atoms with Gasteiger partial charge in [0.05, 0.1) is 4.90 Å². The van der Waals surface area contributed by atoms with Gasteiger partial charge in [-0.2, -0.15) is 17.2 Å². The van der Waals surface area contributed by atoms with Gasteiger partial charge in [0, 0.05) is 5.56 Å².